The molecule has 0 saturated carbocycles. The number of hydrogen-bond donors (Lipinski definition) is 1. The van der Waals surface area contributed by atoms with Gasteiger partial charge in [-0.05, 0) is 83.6 Å². The lowest BCUT2D eigenvalue weighted by Crippen LogP contribution is -2.42. The van der Waals surface area contributed by atoms with Crippen LogP contribution < -0.4 is 10.1 Å². The summed E-state index contributed by atoms with van der Waals surface area (Å²) in [6.07, 6.45) is 1.97. The van der Waals surface area contributed by atoms with Crippen LogP contribution in [0, 0.1) is 0 Å². The van der Waals surface area contributed by atoms with E-state index in [9.17, 15) is 13.6 Å². The van der Waals surface area contributed by atoms with Crippen molar-refractivity contribution in [3.05, 3.63) is 46.4 Å². The molecular weight excluding hydrogens is 604 g/mol. The minimum absolute atomic E-state index is 0.0265. The Labute approximate surface area is 234 Å². The van der Waals surface area contributed by atoms with E-state index in [4.69, 9.17) is 21.0 Å². The number of alkyl halides is 3. The van der Waals surface area contributed by atoms with E-state index in [0.717, 1.165) is 15.1 Å². The summed E-state index contributed by atoms with van der Waals surface area (Å²) in [4.78, 5) is 17.7. The van der Waals surface area contributed by atoms with Crippen molar-refractivity contribution in [2.45, 2.75) is 62.6 Å². The van der Waals surface area contributed by atoms with Gasteiger partial charge in [0.15, 0.2) is 13.5 Å². The number of nitrogens with zero attached hydrogens (tertiary/aromatic N) is 2. The first-order chi connectivity index (χ1) is 17.0. The molecule has 0 aliphatic rings. The number of carbonyl (C=O) groups is 1. The van der Waals surface area contributed by atoms with E-state index in [1.807, 2.05) is 6.26 Å². The van der Waals surface area contributed by atoms with Crippen molar-refractivity contribution in [3.63, 3.8) is 0 Å². The molecule has 0 fully saturated rings. The standard InChI is InChI=1S/C25H31BrClF2N3O3SSi/c1-15(14-34-37(6,7)24(2,3)4)32-21-19(26)12-16(13-20(21)31-23(32)36-5)22(33)30-17-8-10-18(11-9-17)35-25(27,28)29/h8-13,15H,14H2,1-7H3,(H,30,33). The Hall–Kier alpha value is -1.66. The maximum absolute atomic E-state index is 13.0. The fourth-order valence-electron chi connectivity index (χ4n) is 3.41. The van der Waals surface area contributed by atoms with E-state index in [0.29, 0.717) is 23.4 Å². The second-order valence-corrected chi connectivity index (χ2v) is 17.1. The van der Waals surface area contributed by atoms with E-state index in [2.05, 4.69) is 71.3 Å². The smallest absolute Gasteiger partial charge is 0.420 e. The van der Waals surface area contributed by atoms with Gasteiger partial charge in [-0.25, -0.2) is 4.98 Å². The molecule has 0 aliphatic heterocycles. The molecule has 0 spiro atoms. The van der Waals surface area contributed by atoms with Gasteiger partial charge in [-0.1, -0.05) is 32.5 Å². The molecule has 3 aromatic rings. The zero-order chi connectivity index (χ0) is 27.8. The molecule has 202 valence electrons. The van der Waals surface area contributed by atoms with Crippen molar-refractivity contribution in [1.82, 2.24) is 9.55 Å². The van der Waals surface area contributed by atoms with Crippen LogP contribution in [0.4, 0.5) is 14.5 Å². The predicted molar refractivity (Wildman–Crippen MR) is 153 cm³/mol. The SMILES string of the molecule is CSc1nc2cc(C(=O)Nc3ccc(OC(F)(F)Cl)cc3)cc(Br)c2n1C(C)CO[Si](C)(C)C(C)(C)C. The number of anilines is 1. The van der Waals surface area contributed by atoms with Crippen molar-refractivity contribution >= 4 is 70.2 Å². The van der Waals surface area contributed by atoms with Crippen LogP contribution in [0.1, 0.15) is 44.1 Å². The highest BCUT2D eigenvalue weighted by Gasteiger charge is 2.37. The Morgan fingerprint density at radius 1 is 1.24 bits per heavy atom. The third kappa shape index (κ3) is 7.26. The summed E-state index contributed by atoms with van der Waals surface area (Å²) < 4.78 is 39.3. The zero-order valence-electron chi connectivity index (χ0n) is 21.8. The maximum atomic E-state index is 13.0. The van der Waals surface area contributed by atoms with Crippen LogP contribution in [0.5, 0.6) is 5.75 Å². The summed E-state index contributed by atoms with van der Waals surface area (Å²) in [5, 5.41) is 3.69. The van der Waals surface area contributed by atoms with Crippen LogP contribution in [0.15, 0.2) is 46.0 Å². The van der Waals surface area contributed by atoms with Gasteiger partial charge in [-0.3, -0.25) is 4.79 Å². The van der Waals surface area contributed by atoms with Gasteiger partial charge < -0.3 is 19.0 Å². The number of imidazole rings is 1. The monoisotopic (exact) mass is 633 g/mol. The lowest BCUT2D eigenvalue weighted by molar-refractivity contribution is -0.0964. The van der Waals surface area contributed by atoms with Gasteiger partial charge >= 0.3 is 5.57 Å². The molecule has 1 N–H and O–H groups in total. The van der Waals surface area contributed by atoms with Crippen molar-refractivity contribution in [3.8, 4) is 5.75 Å². The summed E-state index contributed by atoms with van der Waals surface area (Å²) in [6.45, 7) is 13.8. The van der Waals surface area contributed by atoms with Crippen LogP contribution >= 0.6 is 39.3 Å². The number of aromatic nitrogens is 2. The number of nitrogens with one attached hydrogen (secondary N) is 1. The summed E-state index contributed by atoms with van der Waals surface area (Å²) in [7, 11) is -1.92. The van der Waals surface area contributed by atoms with Crippen LogP contribution in [-0.2, 0) is 4.43 Å². The lowest BCUT2D eigenvalue weighted by atomic mass is 10.1. The fourth-order valence-corrected chi connectivity index (χ4v) is 5.89. The Morgan fingerprint density at radius 3 is 2.41 bits per heavy atom. The Bertz CT molecular complexity index is 1280. The molecule has 12 heteroatoms. The number of rotatable bonds is 9. The third-order valence-corrected chi connectivity index (χ3v) is 12.3. The van der Waals surface area contributed by atoms with Crippen LogP contribution in [0.3, 0.4) is 0 Å². The molecule has 0 saturated heterocycles. The van der Waals surface area contributed by atoms with Gasteiger partial charge in [-0.2, -0.15) is 0 Å². The molecule has 2 aromatic carbocycles. The molecule has 6 nitrogen and oxygen atoms in total. The Balaban J connectivity index is 1.84. The highest BCUT2D eigenvalue weighted by Crippen LogP contribution is 2.38. The summed E-state index contributed by atoms with van der Waals surface area (Å²) in [5.41, 5.74) is -1.43. The number of carbonyl (C=O) groups excluding carboxylic acids is 1. The van der Waals surface area contributed by atoms with Crippen molar-refractivity contribution < 1.29 is 22.7 Å². The lowest BCUT2D eigenvalue weighted by Gasteiger charge is -2.37. The van der Waals surface area contributed by atoms with E-state index < -0.39 is 13.9 Å². The van der Waals surface area contributed by atoms with Crippen LogP contribution in [0.25, 0.3) is 11.0 Å². The third-order valence-electron chi connectivity index (χ3n) is 6.43. The second kappa shape index (κ2) is 11.2. The van der Waals surface area contributed by atoms with E-state index in [1.165, 1.54) is 36.0 Å². The van der Waals surface area contributed by atoms with Crippen molar-refractivity contribution in [2.24, 2.45) is 0 Å². The van der Waals surface area contributed by atoms with Gasteiger partial charge in [0, 0.05) is 27.3 Å². The summed E-state index contributed by atoms with van der Waals surface area (Å²) in [6, 6.07) is 9.00. The summed E-state index contributed by atoms with van der Waals surface area (Å²) in [5.74, 6) is -0.488. The molecule has 0 radical (unpaired) electrons. The molecule has 0 aliphatic carbocycles. The molecule has 1 heterocycles. The number of fused-ring (bicyclic) bond motifs is 1. The van der Waals surface area contributed by atoms with E-state index >= 15 is 0 Å². The Kier molecular flexibility index (Phi) is 9.06. The first kappa shape index (κ1) is 29.9. The molecule has 0 bridgehead atoms. The topological polar surface area (TPSA) is 65.4 Å². The number of amides is 1. The number of halogens is 4. The first-order valence-corrected chi connectivity index (χ1v) is 16.9. The minimum Gasteiger partial charge on any atom is -0.420 e. The van der Waals surface area contributed by atoms with Gasteiger partial charge in [0.25, 0.3) is 5.91 Å². The normalized spacial score (nSPS) is 13.6. The molecule has 1 amide bonds. The minimum atomic E-state index is -3.81. The highest BCUT2D eigenvalue weighted by atomic mass is 79.9. The number of ether oxygens (including phenoxy) is 1. The van der Waals surface area contributed by atoms with Gasteiger partial charge in [-0.15, -0.1) is 8.78 Å². The predicted octanol–water partition coefficient (Wildman–Crippen LogP) is 8.52. The largest absolute Gasteiger partial charge is 0.487 e. The van der Waals surface area contributed by atoms with Crippen molar-refractivity contribution in [2.75, 3.05) is 18.2 Å². The second-order valence-electron chi connectivity index (χ2n) is 10.2. The Morgan fingerprint density at radius 2 is 1.86 bits per heavy atom. The van der Waals surface area contributed by atoms with Crippen molar-refractivity contribution in [1.29, 1.82) is 0 Å². The molecule has 3 rings (SSSR count). The van der Waals surface area contributed by atoms with Gasteiger partial charge in [0.1, 0.15) is 5.75 Å². The number of hydrogen-bond acceptors (Lipinski definition) is 5. The van der Waals surface area contributed by atoms with Crippen LogP contribution in [0.2, 0.25) is 18.1 Å². The van der Waals surface area contributed by atoms with Crippen LogP contribution in [-0.4, -0.2) is 42.2 Å². The molecule has 1 atom stereocenters. The molecule has 1 aromatic heterocycles. The van der Waals surface area contributed by atoms with Gasteiger partial charge in [0.05, 0.1) is 23.7 Å². The highest BCUT2D eigenvalue weighted by molar-refractivity contribution is 9.10. The van der Waals surface area contributed by atoms with E-state index in [-0.39, 0.29) is 22.7 Å². The zero-order valence-corrected chi connectivity index (χ0v) is 25.9. The first-order valence-electron chi connectivity index (χ1n) is 11.6. The van der Waals surface area contributed by atoms with Gasteiger partial charge in [0.2, 0.25) is 0 Å². The average Bonchev–Trinajstić information content (AvgIpc) is 3.16. The van der Waals surface area contributed by atoms with E-state index in [1.54, 1.807) is 12.1 Å². The molecule has 1 unspecified atom stereocenters. The fraction of sp³-hybridized carbons (Fsp3) is 0.440. The average molecular weight is 635 g/mol. The maximum Gasteiger partial charge on any atom is 0.487 e. The molecule has 37 heavy (non-hydrogen) atoms. The molecular formula is C25H31BrClF2N3O3SSi. The number of benzene rings is 2. The summed E-state index contributed by atoms with van der Waals surface area (Å²) >= 11 is 9.96. The number of thioether (sulfide) groups is 1. The quantitative estimate of drug-likeness (QED) is 0.145.